The van der Waals surface area contributed by atoms with Crippen LogP contribution in [0.3, 0.4) is 0 Å². The van der Waals surface area contributed by atoms with Gasteiger partial charge in [0.1, 0.15) is 5.82 Å². The van der Waals surface area contributed by atoms with E-state index in [4.69, 9.17) is 0 Å². The molecule has 0 radical (unpaired) electrons. The van der Waals surface area contributed by atoms with Crippen LogP contribution in [0.1, 0.15) is 25.4 Å². The number of rotatable bonds is 6. The molecule has 1 saturated heterocycles. The van der Waals surface area contributed by atoms with E-state index >= 15 is 0 Å². The molecule has 118 valence electrons. The van der Waals surface area contributed by atoms with Gasteiger partial charge in [-0.2, -0.15) is 0 Å². The number of likely N-dealkylation sites (N-methyl/N-ethyl adjacent to an activating group) is 1. The molecule has 21 heavy (non-hydrogen) atoms. The predicted molar refractivity (Wildman–Crippen MR) is 86.2 cm³/mol. The molecular weight excluding hydrogens is 262 g/mol. The summed E-state index contributed by atoms with van der Waals surface area (Å²) in [6, 6.07) is 2.59. The predicted octanol–water partition coefficient (Wildman–Crippen LogP) is 1.15. The van der Waals surface area contributed by atoms with E-state index in [2.05, 4.69) is 46.0 Å². The molecule has 1 unspecified atom stereocenters. The Labute approximate surface area is 128 Å². The Morgan fingerprint density at radius 3 is 2.57 bits per heavy atom. The highest BCUT2D eigenvalue weighted by Crippen LogP contribution is 2.13. The van der Waals surface area contributed by atoms with Gasteiger partial charge in [0.2, 0.25) is 0 Å². The summed E-state index contributed by atoms with van der Waals surface area (Å²) >= 11 is 0. The fourth-order valence-corrected chi connectivity index (χ4v) is 2.89. The Hall–Kier alpha value is -1.04. The molecule has 0 saturated carbocycles. The van der Waals surface area contributed by atoms with Gasteiger partial charge in [0, 0.05) is 51.5 Å². The van der Waals surface area contributed by atoms with E-state index in [-0.39, 0.29) is 0 Å². The van der Waals surface area contributed by atoms with E-state index in [0.717, 1.165) is 24.6 Å². The average Bonchev–Trinajstić information content (AvgIpc) is 2.45. The lowest BCUT2D eigenvalue weighted by Gasteiger charge is -2.40. The molecule has 1 aliphatic rings. The van der Waals surface area contributed by atoms with Crippen LogP contribution in [0.25, 0.3) is 0 Å². The second-order valence-corrected chi connectivity index (χ2v) is 6.38. The van der Waals surface area contributed by atoms with E-state index in [9.17, 15) is 0 Å². The Bertz CT molecular complexity index is 426. The number of aryl methyl sites for hydroxylation is 1. The number of nitrogens with one attached hydrogen (secondary N) is 1. The summed E-state index contributed by atoms with van der Waals surface area (Å²) in [7, 11) is 2.21. The van der Waals surface area contributed by atoms with Crippen LogP contribution in [0, 0.1) is 12.8 Å². The molecule has 5 heteroatoms. The molecule has 1 fully saturated rings. The molecule has 2 rings (SSSR count). The summed E-state index contributed by atoms with van der Waals surface area (Å²) in [5.41, 5.74) is 1.07. The van der Waals surface area contributed by atoms with Gasteiger partial charge in [0.15, 0.2) is 0 Å². The molecule has 1 aliphatic heterocycles. The smallest absolute Gasteiger partial charge is 0.125 e. The molecule has 0 spiro atoms. The SMILES string of the molecule is Cc1nccc(CNCC(C(C)C)N2CCN(C)CC2)n1. The maximum Gasteiger partial charge on any atom is 0.125 e. The van der Waals surface area contributed by atoms with E-state index < -0.39 is 0 Å². The lowest BCUT2D eigenvalue weighted by Crippen LogP contribution is -2.53. The lowest BCUT2D eigenvalue weighted by atomic mass is 10.0. The summed E-state index contributed by atoms with van der Waals surface area (Å²) in [5.74, 6) is 1.50. The number of nitrogens with zero attached hydrogens (tertiary/aromatic N) is 4. The highest BCUT2D eigenvalue weighted by Gasteiger charge is 2.24. The van der Waals surface area contributed by atoms with Crippen LogP contribution >= 0.6 is 0 Å². The minimum atomic E-state index is 0.599. The highest BCUT2D eigenvalue weighted by molar-refractivity contribution is 5.01. The van der Waals surface area contributed by atoms with Crippen molar-refractivity contribution in [2.75, 3.05) is 39.8 Å². The van der Waals surface area contributed by atoms with Crippen molar-refractivity contribution < 1.29 is 0 Å². The molecule has 0 aromatic carbocycles. The lowest BCUT2D eigenvalue weighted by molar-refractivity contribution is 0.0874. The number of hydrogen-bond donors (Lipinski definition) is 1. The molecule has 1 atom stereocenters. The standard InChI is InChI=1S/C16H29N5/c1-13(2)16(21-9-7-20(4)8-10-21)12-17-11-15-5-6-18-14(3)19-15/h5-6,13,16-17H,7-12H2,1-4H3. The summed E-state index contributed by atoms with van der Waals surface area (Å²) in [4.78, 5) is 13.6. The van der Waals surface area contributed by atoms with Crippen LogP contribution in [-0.2, 0) is 6.54 Å². The van der Waals surface area contributed by atoms with Crippen LogP contribution in [0.15, 0.2) is 12.3 Å². The minimum absolute atomic E-state index is 0.599. The second-order valence-electron chi connectivity index (χ2n) is 6.38. The maximum absolute atomic E-state index is 4.44. The van der Waals surface area contributed by atoms with Crippen molar-refractivity contribution in [3.8, 4) is 0 Å². The Balaban J connectivity index is 1.83. The molecule has 1 aromatic heterocycles. The molecule has 1 aromatic rings. The molecule has 0 aliphatic carbocycles. The van der Waals surface area contributed by atoms with Crippen LogP contribution in [0.2, 0.25) is 0 Å². The van der Waals surface area contributed by atoms with Gasteiger partial charge >= 0.3 is 0 Å². The van der Waals surface area contributed by atoms with Crippen LogP contribution in [0.4, 0.5) is 0 Å². The van der Waals surface area contributed by atoms with Gasteiger partial charge in [0.25, 0.3) is 0 Å². The van der Waals surface area contributed by atoms with Crippen molar-refractivity contribution in [2.24, 2.45) is 5.92 Å². The van der Waals surface area contributed by atoms with Crippen LogP contribution in [-0.4, -0.2) is 65.6 Å². The fourth-order valence-electron chi connectivity index (χ4n) is 2.89. The van der Waals surface area contributed by atoms with Crippen LogP contribution in [0.5, 0.6) is 0 Å². The number of piperazine rings is 1. The fraction of sp³-hybridized carbons (Fsp3) is 0.750. The van der Waals surface area contributed by atoms with Crippen molar-refractivity contribution in [1.82, 2.24) is 25.1 Å². The minimum Gasteiger partial charge on any atom is -0.310 e. The quantitative estimate of drug-likeness (QED) is 0.852. The normalized spacial score (nSPS) is 19.1. The topological polar surface area (TPSA) is 44.3 Å². The number of hydrogen-bond acceptors (Lipinski definition) is 5. The first kappa shape index (κ1) is 16.3. The van der Waals surface area contributed by atoms with Crippen LogP contribution < -0.4 is 5.32 Å². The Morgan fingerprint density at radius 1 is 1.24 bits per heavy atom. The first-order valence-corrected chi connectivity index (χ1v) is 7.98. The monoisotopic (exact) mass is 291 g/mol. The molecule has 1 N–H and O–H groups in total. The zero-order chi connectivity index (χ0) is 15.2. The first-order valence-electron chi connectivity index (χ1n) is 7.98. The van der Waals surface area contributed by atoms with Gasteiger partial charge in [-0.1, -0.05) is 13.8 Å². The van der Waals surface area contributed by atoms with Crippen molar-refractivity contribution in [1.29, 1.82) is 0 Å². The third-order valence-corrected chi connectivity index (χ3v) is 4.27. The Kier molecular flexibility index (Phi) is 6.08. The summed E-state index contributed by atoms with van der Waals surface area (Å²) in [5, 5.41) is 3.57. The average molecular weight is 291 g/mol. The molecule has 0 bridgehead atoms. The van der Waals surface area contributed by atoms with Gasteiger partial charge in [-0.15, -0.1) is 0 Å². The van der Waals surface area contributed by atoms with E-state index in [1.807, 2.05) is 19.2 Å². The van der Waals surface area contributed by atoms with Gasteiger partial charge < -0.3 is 10.2 Å². The maximum atomic E-state index is 4.44. The van der Waals surface area contributed by atoms with Gasteiger partial charge in [-0.05, 0) is 26.0 Å². The third kappa shape index (κ3) is 5.02. The highest BCUT2D eigenvalue weighted by atomic mass is 15.3. The third-order valence-electron chi connectivity index (χ3n) is 4.27. The molecule has 5 nitrogen and oxygen atoms in total. The van der Waals surface area contributed by atoms with Crippen molar-refractivity contribution in [3.63, 3.8) is 0 Å². The largest absolute Gasteiger partial charge is 0.310 e. The zero-order valence-corrected chi connectivity index (χ0v) is 13.8. The van der Waals surface area contributed by atoms with E-state index in [0.29, 0.717) is 12.0 Å². The van der Waals surface area contributed by atoms with Gasteiger partial charge in [-0.3, -0.25) is 4.90 Å². The van der Waals surface area contributed by atoms with Crippen molar-refractivity contribution in [3.05, 3.63) is 23.8 Å². The molecule has 2 heterocycles. The summed E-state index contributed by atoms with van der Waals surface area (Å²) < 4.78 is 0. The van der Waals surface area contributed by atoms with Gasteiger partial charge in [0.05, 0.1) is 5.69 Å². The molecule has 0 amide bonds. The molecular formula is C16H29N5. The second kappa shape index (κ2) is 7.82. The van der Waals surface area contributed by atoms with Crippen molar-refractivity contribution in [2.45, 2.75) is 33.4 Å². The Morgan fingerprint density at radius 2 is 1.95 bits per heavy atom. The van der Waals surface area contributed by atoms with Gasteiger partial charge in [-0.25, -0.2) is 9.97 Å². The first-order chi connectivity index (χ1) is 10.1. The van der Waals surface area contributed by atoms with E-state index in [1.165, 1.54) is 26.2 Å². The summed E-state index contributed by atoms with van der Waals surface area (Å²) in [6.45, 7) is 13.1. The number of aromatic nitrogens is 2. The summed E-state index contributed by atoms with van der Waals surface area (Å²) in [6.07, 6.45) is 1.83. The van der Waals surface area contributed by atoms with Crippen molar-refractivity contribution >= 4 is 0 Å². The van der Waals surface area contributed by atoms with E-state index in [1.54, 1.807) is 0 Å². The zero-order valence-electron chi connectivity index (χ0n) is 13.8.